The number of nitrogens with zero attached hydrogens (tertiary/aromatic N) is 1. The zero-order valence-corrected chi connectivity index (χ0v) is 5.36. The number of hydrogen-bond acceptors (Lipinski definition) is 1. The van der Waals surface area contributed by atoms with E-state index >= 15 is 0 Å². The molecule has 0 heterocycles. The van der Waals surface area contributed by atoms with E-state index in [1.54, 1.807) is 0 Å². The van der Waals surface area contributed by atoms with Crippen LogP contribution in [0, 0.1) is 11.3 Å². The Bertz CT molecular complexity index is 102. The Kier molecular flexibility index (Phi) is 6.13. The van der Waals surface area contributed by atoms with Gasteiger partial charge in [-0.15, -0.1) is 11.6 Å². The highest BCUT2D eigenvalue weighted by molar-refractivity contribution is 6.17. The number of halogens is 1. The SMILES string of the molecule is N#C/C=C/CCCCl. The van der Waals surface area contributed by atoms with E-state index in [1.165, 1.54) is 6.08 Å². The molecule has 0 atom stereocenters. The van der Waals surface area contributed by atoms with Crippen molar-refractivity contribution in [1.82, 2.24) is 0 Å². The molecule has 0 rings (SSSR count). The third-order valence-electron chi connectivity index (χ3n) is 0.697. The van der Waals surface area contributed by atoms with Crippen LogP contribution < -0.4 is 0 Å². The summed E-state index contributed by atoms with van der Waals surface area (Å²) in [4.78, 5) is 0. The highest BCUT2D eigenvalue weighted by Crippen LogP contribution is 1.91. The smallest absolute Gasteiger partial charge is 0.0908 e. The second-order valence-corrected chi connectivity index (χ2v) is 1.74. The van der Waals surface area contributed by atoms with Gasteiger partial charge in [-0.3, -0.25) is 0 Å². The van der Waals surface area contributed by atoms with Crippen molar-refractivity contribution >= 4 is 11.6 Å². The van der Waals surface area contributed by atoms with E-state index in [0.29, 0.717) is 5.88 Å². The van der Waals surface area contributed by atoms with Crippen LogP contribution in [0.1, 0.15) is 12.8 Å². The monoisotopic (exact) mass is 129 g/mol. The van der Waals surface area contributed by atoms with Crippen molar-refractivity contribution in [2.45, 2.75) is 12.8 Å². The van der Waals surface area contributed by atoms with E-state index in [9.17, 15) is 0 Å². The first-order valence-corrected chi connectivity index (χ1v) is 3.06. The molecule has 0 aromatic heterocycles. The largest absolute Gasteiger partial charge is 0.193 e. The van der Waals surface area contributed by atoms with Gasteiger partial charge < -0.3 is 0 Å². The molecule has 0 aliphatic rings. The van der Waals surface area contributed by atoms with Crippen molar-refractivity contribution in [3.8, 4) is 6.07 Å². The van der Waals surface area contributed by atoms with E-state index in [4.69, 9.17) is 16.9 Å². The van der Waals surface area contributed by atoms with Gasteiger partial charge in [-0.05, 0) is 12.8 Å². The minimum Gasteiger partial charge on any atom is -0.193 e. The Labute approximate surface area is 54.6 Å². The van der Waals surface area contributed by atoms with E-state index in [0.717, 1.165) is 12.8 Å². The summed E-state index contributed by atoms with van der Waals surface area (Å²) in [5.41, 5.74) is 0. The van der Waals surface area contributed by atoms with Crippen molar-refractivity contribution in [3.05, 3.63) is 12.2 Å². The summed E-state index contributed by atoms with van der Waals surface area (Å²) < 4.78 is 0. The summed E-state index contributed by atoms with van der Waals surface area (Å²) in [5, 5.41) is 8.00. The zero-order chi connectivity index (χ0) is 6.24. The van der Waals surface area contributed by atoms with Gasteiger partial charge in [0, 0.05) is 12.0 Å². The lowest BCUT2D eigenvalue weighted by Crippen LogP contribution is -1.69. The van der Waals surface area contributed by atoms with Crippen LogP contribution in [0.3, 0.4) is 0 Å². The summed E-state index contributed by atoms with van der Waals surface area (Å²) in [7, 11) is 0. The molecule has 44 valence electrons. The Balaban J connectivity index is 2.94. The van der Waals surface area contributed by atoms with E-state index in [-0.39, 0.29) is 0 Å². The molecule has 0 saturated carbocycles. The van der Waals surface area contributed by atoms with Gasteiger partial charge in [0.05, 0.1) is 6.07 Å². The van der Waals surface area contributed by atoms with Crippen LogP contribution in [0.2, 0.25) is 0 Å². The van der Waals surface area contributed by atoms with Crippen molar-refractivity contribution < 1.29 is 0 Å². The predicted molar refractivity (Wildman–Crippen MR) is 34.7 cm³/mol. The van der Waals surface area contributed by atoms with Gasteiger partial charge in [-0.2, -0.15) is 5.26 Å². The van der Waals surface area contributed by atoms with E-state index in [2.05, 4.69) is 0 Å². The standard InChI is InChI=1S/C6H8ClN/c7-5-3-1-2-4-6-8/h2,4H,1,3,5H2/b4-2+. The quantitative estimate of drug-likeness (QED) is 0.325. The number of nitriles is 1. The van der Waals surface area contributed by atoms with E-state index < -0.39 is 0 Å². The summed E-state index contributed by atoms with van der Waals surface area (Å²) in [6.07, 6.45) is 5.17. The molecular formula is C6H8ClN. The number of alkyl halides is 1. The first-order chi connectivity index (χ1) is 3.91. The molecule has 0 fully saturated rings. The van der Waals surface area contributed by atoms with Gasteiger partial charge in [0.2, 0.25) is 0 Å². The van der Waals surface area contributed by atoms with Crippen molar-refractivity contribution in [3.63, 3.8) is 0 Å². The molecule has 0 saturated heterocycles. The summed E-state index contributed by atoms with van der Waals surface area (Å²) in [6, 6.07) is 1.90. The van der Waals surface area contributed by atoms with Gasteiger partial charge in [-0.1, -0.05) is 6.08 Å². The average molecular weight is 130 g/mol. The molecule has 0 aromatic rings. The molecule has 0 aliphatic heterocycles. The molecular weight excluding hydrogens is 122 g/mol. The molecule has 0 aliphatic carbocycles. The maximum absolute atomic E-state index is 8.00. The number of unbranched alkanes of at least 4 members (excludes halogenated alkanes) is 1. The first kappa shape index (κ1) is 7.52. The molecule has 0 N–H and O–H groups in total. The lowest BCUT2D eigenvalue weighted by atomic mass is 10.3. The van der Waals surface area contributed by atoms with Crippen LogP contribution in [0.5, 0.6) is 0 Å². The predicted octanol–water partition coefficient (Wildman–Crippen LogP) is 2.09. The van der Waals surface area contributed by atoms with E-state index in [1.807, 2.05) is 12.1 Å². The second-order valence-electron chi connectivity index (χ2n) is 1.36. The maximum atomic E-state index is 8.00. The zero-order valence-electron chi connectivity index (χ0n) is 4.60. The molecule has 0 spiro atoms. The van der Waals surface area contributed by atoms with Crippen LogP contribution >= 0.6 is 11.6 Å². The highest BCUT2D eigenvalue weighted by atomic mass is 35.5. The van der Waals surface area contributed by atoms with Crippen LogP contribution in [-0.2, 0) is 0 Å². The van der Waals surface area contributed by atoms with Gasteiger partial charge in [0.15, 0.2) is 0 Å². The summed E-state index contributed by atoms with van der Waals surface area (Å²) >= 11 is 5.36. The molecule has 0 unspecified atom stereocenters. The van der Waals surface area contributed by atoms with Crippen LogP contribution in [-0.4, -0.2) is 5.88 Å². The summed E-state index contributed by atoms with van der Waals surface area (Å²) in [6.45, 7) is 0. The molecule has 0 amide bonds. The fourth-order valence-electron chi connectivity index (χ4n) is 0.331. The van der Waals surface area contributed by atoms with Crippen molar-refractivity contribution in [2.24, 2.45) is 0 Å². The lowest BCUT2D eigenvalue weighted by Gasteiger charge is -1.81. The lowest BCUT2D eigenvalue weighted by molar-refractivity contribution is 0.967. The van der Waals surface area contributed by atoms with Gasteiger partial charge >= 0.3 is 0 Å². The maximum Gasteiger partial charge on any atom is 0.0908 e. The van der Waals surface area contributed by atoms with Gasteiger partial charge in [0.25, 0.3) is 0 Å². The fraction of sp³-hybridized carbons (Fsp3) is 0.500. The highest BCUT2D eigenvalue weighted by Gasteiger charge is 1.76. The Morgan fingerprint density at radius 3 is 2.88 bits per heavy atom. The molecule has 0 radical (unpaired) electrons. The topological polar surface area (TPSA) is 23.8 Å². The molecule has 2 heteroatoms. The van der Waals surface area contributed by atoms with Crippen molar-refractivity contribution in [2.75, 3.05) is 5.88 Å². The molecule has 0 aromatic carbocycles. The Morgan fingerprint density at radius 1 is 1.62 bits per heavy atom. The van der Waals surface area contributed by atoms with Crippen LogP contribution in [0.25, 0.3) is 0 Å². The molecule has 8 heavy (non-hydrogen) atoms. The number of rotatable bonds is 3. The summed E-state index contributed by atoms with van der Waals surface area (Å²) in [5.74, 6) is 0.676. The average Bonchev–Trinajstić information content (AvgIpc) is 1.81. The van der Waals surface area contributed by atoms with Crippen molar-refractivity contribution in [1.29, 1.82) is 5.26 Å². The second kappa shape index (κ2) is 6.52. The Hall–Kier alpha value is -0.480. The fourth-order valence-corrected chi connectivity index (χ4v) is 0.485. The Morgan fingerprint density at radius 2 is 2.38 bits per heavy atom. The third-order valence-corrected chi connectivity index (χ3v) is 0.964. The minimum atomic E-state index is 0.676. The first-order valence-electron chi connectivity index (χ1n) is 2.52. The molecule has 1 nitrogen and oxygen atoms in total. The van der Waals surface area contributed by atoms with Gasteiger partial charge in [0.1, 0.15) is 0 Å². The minimum absolute atomic E-state index is 0.676. The van der Waals surface area contributed by atoms with Gasteiger partial charge in [-0.25, -0.2) is 0 Å². The third kappa shape index (κ3) is 5.52. The van der Waals surface area contributed by atoms with Crippen LogP contribution in [0.15, 0.2) is 12.2 Å². The number of hydrogen-bond donors (Lipinski definition) is 0. The normalized spacial score (nSPS) is 9.50. The van der Waals surface area contributed by atoms with Crippen LogP contribution in [0.4, 0.5) is 0 Å². The number of allylic oxidation sites excluding steroid dienone is 2. The molecule has 0 bridgehead atoms.